The van der Waals surface area contributed by atoms with Gasteiger partial charge in [-0.15, -0.1) is 11.3 Å². The number of carbonyl (C=O) groups is 2. The van der Waals surface area contributed by atoms with E-state index in [1.54, 1.807) is 12.4 Å². The van der Waals surface area contributed by atoms with Crippen LogP contribution in [0.3, 0.4) is 0 Å². The van der Waals surface area contributed by atoms with E-state index in [2.05, 4.69) is 15.3 Å². The van der Waals surface area contributed by atoms with Crippen LogP contribution in [0.25, 0.3) is 0 Å². The third-order valence-electron chi connectivity index (χ3n) is 4.13. The molecule has 2 amide bonds. The first-order valence-electron chi connectivity index (χ1n) is 7.96. The van der Waals surface area contributed by atoms with Crippen molar-refractivity contribution in [3.8, 4) is 0 Å². The van der Waals surface area contributed by atoms with Gasteiger partial charge in [0.1, 0.15) is 0 Å². The molecule has 1 aliphatic heterocycles. The zero-order chi connectivity index (χ0) is 17.1. The molecule has 24 heavy (non-hydrogen) atoms. The number of carbonyl (C=O) groups excluding carboxylic acids is 2. The Morgan fingerprint density at radius 3 is 2.96 bits per heavy atom. The van der Waals surface area contributed by atoms with Crippen molar-refractivity contribution in [3.05, 3.63) is 45.7 Å². The normalized spacial score (nSPS) is 17.1. The molecule has 0 saturated carbocycles. The monoisotopic (exact) mass is 344 g/mol. The molecule has 126 valence electrons. The van der Waals surface area contributed by atoms with Gasteiger partial charge in [-0.3, -0.25) is 19.6 Å². The van der Waals surface area contributed by atoms with Crippen molar-refractivity contribution in [1.29, 1.82) is 0 Å². The maximum absolute atomic E-state index is 12.8. The first kappa shape index (κ1) is 16.6. The molecule has 7 heteroatoms. The molecular weight excluding hydrogens is 324 g/mol. The lowest BCUT2D eigenvalue weighted by Crippen LogP contribution is -2.31. The third kappa shape index (κ3) is 3.46. The number of thiophene rings is 1. The lowest BCUT2D eigenvalue weighted by atomic mass is 10.1. The SMILES string of the molecule is CC(=O)NCc1cncc(C2CCCN2C(=O)c2sccc2C)n1. The van der Waals surface area contributed by atoms with E-state index in [0.29, 0.717) is 12.2 Å². The van der Waals surface area contributed by atoms with Gasteiger partial charge in [-0.1, -0.05) is 0 Å². The summed E-state index contributed by atoms with van der Waals surface area (Å²) in [4.78, 5) is 35.4. The highest BCUT2D eigenvalue weighted by molar-refractivity contribution is 7.12. The summed E-state index contributed by atoms with van der Waals surface area (Å²) in [6, 6.07) is 1.92. The van der Waals surface area contributed by atoms with Gasteiger partial charge in [0.25, 0.3) is 5.91 Å². The van der Waals surface area contributed by atoms with Gasteiger partial charge in [-0.05, 0) is 36.8 Å². The van der Waals surface area contributed by atoms with Gasteiger partial charge in [0, 0.05) is 13.5 Å². The number of rotatable bonds is 4. The van der Waals surface area contributed by atoms with Crippen LogP contribution in [-0.4, -0.2) is 33.2 Å². The molecule has 1 fully saturated rings. The minimum absolute atomic E-state index is 0.0521. The number of hydrogen-bond acceptors (Lipinski definition) is 5. The van der Waals surface area contributed by atoms with Gasteiger partial charge in [0.15, 0.2) is 0 Å². The van der Waals surface area contributed by atoms with Crippen LogP contribution >= 0.6 is 11.3 Å². The fourth-order valence-electron chi connectivity index (χ4n) is 2.92. The molecule has 0 aromatic carbocycles. The highest BCUT2D eigenvalue weighted by atomic mass is 32.1. The van der Waals surface area contributed by atoms with E-state index in [9.17, 15) is 9.59 Å². The van der Waals surface area contributed by atoms with Gasteiger partial charge in [-0.25, -0.2) is 0 Å². The van der Waals surface area contributed by atoms with E-state index >= 15 is 0 Å². The molecule has 2 aromatic heterocycles. The summed E-state index contributed by atoms with van der Waals surface area (Å²) >= 11 is 1.48. The Hall–Kier alpha value is -2.28. The highest BCUT2D eigenvalue weighted by Crippen LogP contribution is 2.33. The molecule has 1 N–H and O–H groups in total. The summed E-state index contributed by atoms with van der Waals surface area (Å²) in [7, 11) is 0. The van der Waals surface area contributed by atoms with Crippen molar-refractivity contribution in [3.63, 3.8) is 0 Å². The molecule has 1 atom stereocenters. The van der Waals surface area contributed by atoms with Crippen LogP contribution in [0.15, 0.2) is 23.8 Å². The Kier molecular flexibility index (Phi) is 4.89. The van der Waals surface area contributed by atoms with Crippen molar-refractivity contribution in [1.82, 2.24) is 20.2 Å². The number of nitrogens with zero attached hydrogens (tertiary/aromatic N) is 3. The van der Waals surface area contributed by atoms with Crippen LogP contribution in [0.2, 0.25) is 0 Å². The van der Waals surface area contributed by atoms with E-state index in [4.69, 9.17) is 0 Å². The molecule has 0 spiro atoms. The molecule has 0 aliphatic carbocycles. The Morgan fingerprint density at radius 2 is 2.25 bits per heavy atom. The van der Waals surface area contributed by atoms with Gasteiger partial charge < -0.3 is 10.2 Å². The third-order valence-corrected chi connectivity index (χ3v) is 5.14. The second kappa shape index (κ2) is 7.09. The average Bonchev–Trinajstić information content (AvgIpc) is 3.21. The van der Waals surface area contributed by atoms with Crippen LogP contribution in [-0.2, 0) is 11.3 Å². The predicted molar refractivity (Wildman–Crippen MR) is 91.6 cm³/mol. The van der Waals surface area contributed by atoms with Gasteiger partial charge in [0.2, 0.25) is 5.91 Å². The maximum atomic E-state index is 12.8. The largest absolute Gasteiger partial charge is 0.351 e. The van der Waals surface area contributed by atoms with Gasteiger partial charge >= 0.3 is 0 Å². The van der Waals surface area contributed by atoms with Crippen molar-refractivity contribution in [2.75, 3.05) is 6.54 Å². The number of aromatic nitrogens is 2. The molecule has 3 heterocycles. The zero-order valence-corrected chi connectivity index (χ0v) is 14.6. The maximum Gasteiger partial charge on any atom is 0.264 e. The first-order chi connectivity index (χ1) is 11.6. The summed E-state index contributed by atoms with van der Waals surface area (Å²) < 4.78 is 0. The fourth-order valence-corrected chi connectivity index (χ4v) is 3.80. The Labute approximate surface area is 144 Å². The van der Waals surface area contributed by atoms with Crippen molar-refractivity contribution >= 4 is 23.2 Å². The summed E-state index contributed by atoms with van der Waals surface area (Å²) in [5.74, 6) is -0.0351. The van der Waals surface area contributed by atoms with Crippen molar-refractivity contribution < 1.29 is 9.59 Å². The van der Waals surface area contributed by atoms with E-state index in [0.717, 1.165) is 35.5 Å². The Bertz CT molecular complexity index is 759. The molecule has 1 saturated heterocycles. The number of hydrogen-bond donors (Lipinski definition) is 1. The number of nitrogens with one attached hydrogen (secondary N) is 1. The highest BCUT2D eigenvalue weighted by Gasteiger charge is 2.32. The molecular formula is C17H20N4O2S. The van der Waals surface area contributed by atoms with E-state index < -0.39 is 0 Å². The topological polar surface area (TPSA) is 75.2 Å². The molecule has 6 nitrogen and oxygen atoms in total. The zero-order valence-electron chi connectivity index (χ0n) is 13.8. The van der Waals surface area contributed by atoms with Crippen molar-refractivity contribution in [2.24, 2.45) is 0 Å². The minimum Gasteiger partial charge on any atom is -0.351 e. The minimum atomic E-state index is -0.104. The molecule has 1 aliphatic rings. The molecule has 1 unspecified atom stereocenters. The van der Waals surface area contributed by atoms with Crippen LogP contribution < -0.4 is 5.32 Å². The quantitative estimate of drug-likeness (QED) is 0.924. The number of likely N-dealkylation sites (tertiary alicyclic amines) is 1. The fraction of sp³-hybridized carbons (Fsp3) is 0.412. The van der Waals surface area contributed by atoms with Crippen LogP contribution in [0.5, 0.6) is 0 Å². The van der Waals surface area contributed by atoms with Gasteiger partial charge in [0.05, 0.1) is 41.2 Å². The average molecular weight is 344 g/mol. The number of amides is 2. The first-order valence-corrected chi connectivity index (χ1v) is 8.84. The van der Waals surface area contributed by atoms with E-state index in [1.165, 1.54) is 18.3 Å². The predicted octanol–water partition coefficient (Wildman–Crippen LogP) is 2.46. The summed E-state index contributed by atoms with van der Waals surface area (Å²) in [5, 5.41) is 4.67. The van der Waals surface area contributed by atoms with Crippen LogP contribution in [0.1, 0.15) is 52.4 Å². The van der Waals surface area contributed by atoms with Gasteiger partial charge in [-0.2, -0.15) is 0 Å². The standard InChI is InChI=1S/C17H20N4O2S/c1-11-5-7-24-16(11)17(23)21-6-3-4-15(21)14-10-18-8-13(20-14)9-19-12(2)22/h5,7-8,10,15H,3-4,6,9H2,1-2H3,(H,19,22). The molecule has 0 bridgehead atoms. The molecule has 2 aromatic rings. The van der Waals surface area contributed by atoms with Crippen LogP contribution in [0, 0.1) is 6.92 Å². The van der Waals surface area contributed by atoms with Crippen molar-refractivity contribution in [2.45, 2.75) is 39.3 Å². The lowest BCUT2D eigenvalue weighted by Gasteiger charge is -2.24. The second-order valence-electron chi connectivity index (χ2n) is 5.93. The Balaban J connectivity index is 1.80. The second-order valence-corrected chi connectivity index (χ2v) is 6.85. The van der Waals surface area contributed by atoms with E-state index in [-0.39, 0.29) is 17.9 Å². The Morgan fingerprint density at radius 1 is 1.42 bits per heavy atom. The summed E-state index contributed by atoms with van der Waals surface area (Å²) in [5.41, 5.74) is 2.51. The summed E-state index contributed by atoms with van der Waals surface area (Å²) in [6.45, 7) is 4.51. The van der Waals surface area contributed by atoms with Crippen LogP contribution in [0.4, 0.5) is 0 Å². The smallest absolute Gasteiger partial charge is 0.264 e. The number of aryl methyl sites for hydroxylation is 1. The summed E-state index contributed by atoms with van der Waals surface area (Å²) in [6.07, 6.45) is 5.20. The molecule has 3 rings (SSSR count). The molecule has 0 radical (unpaired) electrons. The lowest BCUT2D eigenvalue weighted by molar-refractivity contribution is -0.119. The van der Waals surface area contributed by atoms with E-state index in [1.807, 2.05) is 23.3 Å².